The van der Waals surface area contributed by atoms with Crippen LogP contribution < -0.4 is 15.4 Å². The van der Waals surface area contributed by atoms with Gasteiger partial charge in [0.2, 0.25) is 10.0 Å². The Morgan fingerprint density at radius 2 is 2.07 bits per heavy atom. The first-order valence-corrected chi connectivity index (χ1v) is 12.1. The molecule has 158 valence electrons. The highest BCUT2D eigenvalue weighted by atomic mass is 32.2. The van der Waals surface area contributed by atoms with Crippen molar-refractivity contribution in [3.63, 3.8) is 0 Å². The van der Waals surface area contributed by atoms with E-state index in [4.69, 9.17) is 0 Å². The molecule has 1 fully saturated rings. The maximum Gasteiger partial charge on any atom is 0.242 e. The van der Waals surface area contributed by atoms with Gasteiger partial charge in [-0.05, 0) is 49.5 Å². The average Bonchev–Trinajstić information content (AvgIpc) is 3.45. The van der Waals surface area contributed by atoms with Crippen LogP contribution in [0.5, 0.6) is 0 Å². The minimum Gasteiger partial charge on any atom is -0.355 e. The summed E-state index contributed by atoms with van der Waals surface area (Å²) in [7, 11) is -1.84. The Morgan fingerprint density at radius 3 is 2.72 bits per heavy atom. The molecule has 29 heavy (non-hydrogen) atoms. The van der Waals surface area contributed by atoms with Gasteiger partial charge in [0.05, 0.1) is 6.04 Å². The van der Waals surface area contributed by atoms with Crippen molar-refractivity contribution < 1.29 is 8.42 Å². The molecule has 0 amide bonds. The molecule has 1 aliphatic heterocycles. The molecule has 2 aromatic heterocycles. The van der Waals surface area contributed by atoms with Gasteiger partial charge < -0.3 is 10.6 Å². The van der Waals surface area contributed by atoms with Crippen LogP contribution in [0, 0.1) is 0 Å². The van der Waals surface area contributed by atoms with Crippen molar-refractivity contribution >= 4 is 27.3 Å². The molecule has 3 rings (SSSR count). The molecule has 0 aromatic carbocycles. The predicted octanol–water partition coefficient (Wildman–Crippen LogP) is 1.42. The molecule has 10 heteroatoms. The topological polar surface area (TPSA) is 98.7 Å². The molecule has 3 N–H and O–H groups in total. The number of likely N-dealkylation sites (tertiary alicyclic amines) is 1. The lowest BCUT2D eigenvalue weighted by molar-refractivity contribution is 0.249. The molecule has 0 radical (unpaired) electrons. The first kappa shape index (κ1) is 21.7. The van der Waals surface area contributed by atoms with Gasteiger partial charge in [-0.15, -0.1) is 11.3 Å². The fourth-order valence-electron chi connectivity index (χ4n) is 3.31. The predicted molar refractivity (Wildman–Crippen MR) is 117 cm³/mol. The Morgan fingerprint density at radius 1 is 1.24 bits per heavy atom. The van der Waals surface area contributed by atoms with E-state index in [2.05, 4.69) is 47.7 Å². The molecule has 3 heterocycles. The van der Waals surface area contributed by atoms with Crippen LogP contribution in [0.3, 0.4) is 0 Å². The Kier molecular flexibility index (Phi) is 7.99. The summed E-state index contributed by atoms with van der Waals surface area (Å²) < 4.78 is 27.0. The molecule has 1 atom stereocenters. The Balaban J connectivity index is 1.46. The second-order valence-corrected chi connectivity index (χ2v) is 9.49. The van der Waals surface area contributed by atoms with Crippen molar-refractivity contribution in [1.82, 2.24) is 25.2 Å². The minimum atomic E-state index is -3.55. The highest BCUT2D eigenvalue weighted by Gasteiger charge is 2.24. The van der Waals surface area contributed by atoms with Crippen molar-refractivity contribution in [3.05, 3.63) is 46.9 Å². The van der Waals surface area contributed by atoms with E-state index in [-0.39, 0.29) is 11.4 Å². The average molecular weight is 437 g/mol. The third kappa shape index (κ3) is 6.23. The van der Waals surface area contributed by atoms with Crippen molar-refractivity contribution in [3.8, 4) is 0 Å². The zero-order valence-electron chi connectivity index (χ0n) is 16.5. The van der Waals surface area contributed by atoms with E-state index in [1.54, 1.807) is 30.6 Å². The molecule has 8 nitrogen and oxygen atoms in total. The van der Waals surface area contributed by atoms with E-state index in [0.29, 0.717) is 18.5 Å². The number of nitrogens with one attached hydrogen (secondary N) is 3. The second-order valence-electron chi connectivity index (χ2n) is 6.74. The maximum absolute atomic E-state index is 12.2. The van der Waals surface area contributed by atoms with Crippen LogP contribution in [-0.2, 0) is 10.0 Å². The monoisotopic (exact) mass is 436 g/mol. The standard InChI is InChI=1S/C19H28N6O2S2/c1-20-19(22-9-10-24-29(26,27)16-6-4-8-21-14-16)23-15-17(18-7-5-13-28-18)25-11-2-3-12-25/h4-8,13-14,17,24H,2-3,9-12,15H2,1H3,(H2,20,22,23). The quantitative estimate of drug-likeness (QED) is 0.312. The SMILES string of the molecule is CN=C(NCCNS(=O)(=O)c1cccnc1)NCC(c1cccs1)N1CCCC1. The summed E-state index contributed by atoms with van der Waals surface area (Å²) in [6.45, 7) is 3.66. The fraction of sp³-hybridized carbons (Fsp3) is 0.474. The number of hydrogen-bond acceptors (Lipinski definition) is 6. The van der Waals surface area contributed by atoms with Gasteiger partial charge in [-0.1, -0.05) is 6.07 Å². The number of guanidine groups is 1. The molecule has 0 spiro atoms. The van der Waals surface area contributed by atoms with E-state index in [1.165, 1.54) is 30.0 Å². The Labute approximate surface area is 176 Å². The number of nitrogens with zero attached hydrogens (tertiary/aromatic N) is 3. The summed E-state index contributed by atoms with van der Waals surface area (Å²) in [6.07, 6.45) is 5.36. The minimum absolute atomic E-state index is 0.159. The van der Waals surface area contributed by atoms with Gasteiger partial charge in [-0.25, -0.2) is 13.1 Å². The zero-order chi connectivity index (χ0) is 20.5. The fourth-order valence-corrected chi connectivity index (χ4v) is 5.17. The van der Waals surface area contributed by atoms with Crippen molar-refractivity contribution in [2.45, 2.75) is 23.8 Å². The first-order valence-electron chi connectivity index (χ1n) is 9.72. The normalized spacial score (nSPS) is 16.7. The number of rotatable bonds is 9. The molecule has 0 bridgehead atoms. The third-order valence-corrected chi connectivity index (χ3v) is 7.21. The summed E-state index contributed by atoms with van der Waals surface area (Å²) in [5.41, 5.74) is 0. The highest BCUT2D eigenvalue weighted by Crippen LogP contribution is 2.27. The number of pyridine rings is 1. The second kappa shape index (κ2) is 10.7. The lowest BCUT2D eigenvalue weighted by Crippen LogP contribution is -2.44. The smallest absolute Gasteiger partial charge is 0.242 e. The maximum atomic E-state index is 12.2. The highest BCUT2D eigenvalue weighted by molar-refractivity contribution is 7.89. The van der Waals surface area contributed by atoms with E-state index in [9.17, 15) is 8.42 Å². The number of thiophene rings is 1. The van der Waals surface area contributed by atoms with Crippen LogP contribution in [-0.4, -0.2) is 64.0 Å². The largest absolute Gasteiger partial charge is 0.355 e. The first-order chi connectivity index (χ1) is 14.1. The van der Waals surface area contributed by atoms with Gasteiger partial charge in [0.15, 0.2) is 5.96 Å². The molecule has 1 aliphatic rings. The van der Waals surface area contributed by atoms with Crippen molar-refractivity contribution in [2.24, 2.45) is 4.99 Å². The van der Waals surface area contributed by atoms with E-state index in [0.717, 1.165) is 19.6 Å². The molecular formula is C19H28N6O2S2. The summed E-state index contributed by atoms with van der Waals surface area (Å²) in [5.74, 6) is 0.659. The number of sulfonamides is 1. The van der Waals surface area contributed by atoms with Crippen LogP contribution in [0.1, 0.15) is 23.8 Å². The third-order valence-electron chi connectivity index (χ3n) is 4.79. The Bertz CT molecular complexity index is 865. The van der Waals surface area contributed by atoms with Crippen LogP contribution >= 0.6 is 11.3 Å². The lowest BCUT2D eigenvalue weighted by atomic mass is 10.2. The van der Waals surface area contributed by atoms with E-state index in [1.807, 2.05) is 0 Å². The van der Waals surface area contributed by atoms with Crippen molar-refractivity contribution in [1.29, 1.82) is 0 Å². The Hall–Kier alpha value is -2.01. The number of aliphatic imine (C=N–C) groups is 1. The van der Waals surface area contributed by atoms with Crippen LogP contribution in [0.25, 0.3) is 0 Å². The van der Waals surface area contributed by atoms with Gasteiger partial charge in [0, 0.05) is 44.0 Å². The summed E-state index contributed by atoms with van der Waals surface area (Å²) >= 11 is 1.78. The summed E-state index contributed by atoms with van der Waals surface area (Å²) in [6, 6.07) is 7.71. The van der Waals surface area contributed by atoms with Gasteiger partial charge in [-0.2, -0.15) is 0 Å². The van der Waals surface area contributed by atoms with Gasteiger partial charge in [-0.3, -0.25) is 14.9 Å². The lowest BCUT2D eigenvalue weighted by Gasteiger charge is -2.27. The van der Waals surface area contributed by atoms with Crippen LogP contribution in [0.2, 0.25) is 0 Å². The molecule has 0 aliphatic carbocycles. The van der Waals surface area contributed by atoms with Crippen LogP contribution in [0.4, 0.5) is 0 Å². The summed E-state index contributed by atoms with van der Waals surface area (Å²) in [5, 5.41) is 8.66. The van der Waals surface area contributed by atoms with Gasteiger partial charge in [0.1, 0.15) is 4.90 Å². The van der Waals surface area contributed by atoms with Crippen molar-refractivity contribution in [2.75, 3.05) is 39.8 Å². The summed E-state index contributed by atoms with van der Waals surface area (Å²) in [4.78, 5) is 12.1. The molecule has 1 unspecified atom stereocenters. The molecule has 2 aromatic rings. The van der Waals surface area contributed by atoms with Gasteiger partial charge >= 0.3 is 0 Å². The zero-order valence-corrected chi connectivity index (χ0v) is 18.2. The number of hydrogen-bond donors (Lipinski definition) is 3. The van der Waals surface area contributed by atoms with Crippen LogP contribution in [0.15, 0.2) is 51.9 Å². The van der Waals surface area contributed by atoms with E-state index < -0.39 is 10.0 Å². The molecule has 1 saturated heterocycles. The van der Waals surface area contributed by atoms with E-state index >= 15 is 0 Å². The number of aromatic nitrogens is 1. The molecular weight excluding hydrogens is 408 g/mol. The van der Waals surface area contributed by atoms with Gasteiger partial charge in [0.25, 0.3) is 0 Å². The molecule has 0 saturated carbocycles.